The molecule has 0 aromatic carbocycles. The van der Waals surface area contributed by atoms with Crippen LogP contribution >= 0.6 is 22.5 Å². The quantitative estimate of drug-likeness (QED) is 0.510. The summed E-state index contributed by atoms with van der Waals surface area (Å²) in [7, 11) is 3.83. The summed E-state index contributed by atoms with van der Waals surface area (Å²) in [5.41, 5.74) is 0. The van der Waals surface area contributed by atoms with Gasteiger partial charge in [-0.3, -0.25) is 0 Å². The molecule has 0 spiro atoms. The fourth-order valence-electron chi connectivity index (χ4n) is 1.02. The van der Waals surface area contributed by atoms with Gasteiger partial charge in [0, 0.05) is 11.8 Å². The van der Waals surface area contributed by atoms with E-state index in [1.165, 1.54) is 19.4 Å². The van der Waals surface area contributed by atoms with Crippen LogP contribution in [0.25, 0.3) is 0 Å². The second-order valence-corrected chi connectivity index (χ2v) is 4.39. The average Bonchev–Trinajstić information content (AvgIpc) is 2.00. The highest BCUT2D eigenvalue weighted by Gasteiger charge is 2.06. The molecule has 11 heavy (non-hydrogen) atoms. The standard InChI is InChI=1S/C8H19NS2/c1-4-6-9(3)8(2)5-7-11-10/h8,10H,4-7H2,1-3H3/t8-/m0/s1. The molecule has 0 bridgehead atoms. The third kappa shape index (κ3) is 5.88. The van der Waals surface area contributed by atoms with Gasteiger partial charge in [0.25, 0.3) is 0 Å². The molecule has 0 N–H and O–H groups in total. The number of rotatable bonds is 6. The van der Waals surface area contributed by atoms with E-state index in [1.807, 2.05) is 0 Å². The maximum absolute atomic E-state index is 4.11. The molecule has 1 atom stereocenters. The summed E-state index contributed by atoms with van der Waals surface area (Å²) in [5, 5.41) is 0. The molecule has 68 valence electrons. The molecule has 1 nitrogen and oxygen atoms in total. The van der Waals surface area contributed by atoms with Crippen molar-refractivity contribution in [3.8, 4) is 0 Å². The molecule has 0 radical (unpaired) electrons. The maximum atomic E-state index is 4.11. The van der Waals surface area contributed by atoms with Crippen LogP contribution in [-0.2, 0) is 0 Å². The van der Waals surface area contributed by atoms with Crippen LogP contribution in [0.2, 0.25) is 0 Å². The Bertz CT molecular complexity index is 88.2. The molecule has 0 saturated carbocycles. The first-order valence-corrected chi connectivity index (χ1v) is 6.22. The number of thiol groups is 1. The van der Waals surface area contributed by atoms with Gasteiger partial charge in [-0.15, -0.1) is 11.7 Å². The van der Waals surface area contributed by atoms with Crippen LogP contribution < -0.4 is 0 Å². The lowest BCUT2D eigenvalue weighted by atomic mass is 10.2. The highest BCUT2D eigenvalue weighted by atomic mass is 33.1. The Morgan fingerprint density at radius 1 is 1.55 bits per heavy atom. The zero-order chi connectivity index (χ0) is 8.69. The Morgan fingerprint density at radius 2 is 2.18 bits per heavy atom. The van der Waals surface area contributed by atoms with Gasteiger partial charge in [-0.25, -0.2) is 0 Å². The molecule has 0 aromatic rings. The Morgan fingerprint density at radius 3 is 2.64 bits per heavy atom. The van der Waals surface area contributed by atoms with E-state index < -0.39 is 0 Å². The van der Waals surface area contributed by atoms with Gasteiger partial charge < -0.3 is 4.90 Å². The largest absolute Gasteiger partial charge is 0.304 e. The predicted molar refractivity (Wildman–Crippen MR) is 58.4 cm³/mol. The zero-order valence-corrected chi connectivity index (χ0v) is 9.42. The Labute approximate surface area is 79.7 Å². The van der Waals surface area contributed by atoms with Crippen molar-refractivity contribution in [2.75, 3.05) is 19.3 Å². The lowest BCUT2D eigenvalue weighted by Crippen LogP contribution is -2.30. The van der Waals surface area contributed by atoms with Crippen molar-refractivity contribution in [2.24, 2.45) is 0 Å². The second-order valence-electron chi connectivity index (χ2n) is 2.95. The zero-order valence-electron chi connectivity index (χ0n) is 7.71. The highest BCUT2D eigenvalue weighted by molar-refractivity contribution is 8.68. The van der Waals surface area contributed by atoms with Gasteiger partial charge in [-0.1, -0.05) is 17.7 Å². The summed E-state index contributed by atoms with van der Waals surface area (Å²) >= 11 is 4.11. The first-order chi connectivity index (χ1) is 5.22. The predicted octanol–water partition coefficient (Wildman–Crippen LogP) is 2.68. The van der Waals surface area contributed by atoms with E-state index in [0.717, 1.165) is 5.75 Å². The van der Waals surface area contributed by atoms with Gasteiger partial charge in [0.15, 0.2) is 0 Å². The molecule has 0 amide bonds. The Balaban J connectivity index is 3.38. The van der Waals surface area contributed by atoms with E-state index >= 15 is 0 Å². The molecule has 0 aliphatic carbocycles. The molecule has 0 rings (SSSR count). The topological polar surface area (TPSA) is 3.24 Å². The van der Waals surface area contributed by atoms with E-state index in [4.69, 9.17) is 0 Å². The molecular weight excluding hydrogens is 174 g/mol. The molecule has 0 unspecified atom stereocenters. The normalized spacial score (nSPS) is 13.9. The number of nitrogens with zero attached hydrogens (tertiary/aromatic N) is 1. The SMILES string of the molecule is CCCN(C)[C@@H](C)CCSS. The summed E-state index contributed by atoms with van der Waals surface area (Å²) < 4.78 is 0. The Hall–Kier alpha value is 0.660. The van der Waals surface area contributed by atoms with Crippen LogP contribution in [0.15, 0.2) is 0 Å². The van der Waals surface area contributed by atoms with Gasteiger partial charge in [0.2, 0.25) is 0 Å². The van der Waals surface area contributed by atoms with Crippen LogP contribution in [0, 0.1) is 0 Å². The summed E-state index contributed by atoms with van der Waals surface area (Å²) in [6.07, 6.45) is 2.49. The van der Waals surface area contributed by atoms with E-state index in [0.29, 0.717) is 6.04 Å². The average molecular weight is 193 g/mol. The van der Waals surface area contributed by atoms with Crippen LogP contribution in [0.3, 0.4) is 0 Å². The molecule has 0 saturated heterocycles. The van der Waals surface area contributed by atoms with Gasteiger partial charge >= 0.3 is 0 Å². The fraction of sp³-hybridized carbons (Fsp3) is 1.00. The van der Waals surface area contributed by atoms with Crippen LogP contribution in [0.5, 0.6) is 0 Å². The maximum Gasteiger partial charge on any atom is 0.00720 e. The smallest absolute Gasteiger partial charge is 0.00720 e. The minimum absolute atomic E-state index is 0.703. The minimum atomic E-state index is 0.703. The molecule has 0 aliphatic heterocycles. The number of hydrogen-bond donors (Lipinski definition) is 1. The van der Waals surface area contributed by atoms with Crippen molar-refractivity contribution in [1.82, 2.24) is 4.90 Å². The van der Waals surface area contributed by atoms with Crippen molar-refractivity contribution >= 4 is 22.5 Å². The van der Waals surface area contributed by atoms with Crippen molar-refractivity contribution in [1.29, 1.82) is 0 Å². The molecule has 0 fully saturated rings. The van der Waals surface area contributed by atoms with Gasteiger partial charge in [0.05, 0.1) is 0 Å². The summed E-state index contributed by atoms with van der Waals surface area (Å²) in [6.45, 7) is 5.70. The van der Waals surface area contributed by atoms with Crippen LogP contribution in [-0.4, -0.2) is 30.3 Å². The first kappa shape index (κ1) is 11.7. The van der Waals surface area contributed by atoms with Gasteiger partial charge in [-0.05, 0) is 33.4 Å². The lowest BCUT2D eigenvalue weighted by molar-refractivity contribution is 0.254. The van der Waals surface area contributed by atoms with Crippen molar-refractivity contribution in [2.45, 2.75) is 32.7 Å². The fourth-order valence-corrected chi connectivity index (χ4v) is 1.78. The molecule has 0 heterocycles. The molecule has 3 heteroatoms. The summed E-state index contributed by atoms with van der Waals surface area (Å²) in [6, 6.07) is 0.703. The van der Waals surface area contributed by atoms with Gasteiger partial charge in [-0.2, -0.15) is 0 Å². The first-order valence-electron chi connectivity index (χ1n) is 4.19. The third-order valence-electron chi connectivity index (χ3n) is 1.96. The van der Waals surface area contributed by atoms with Crippen LogP contribution in [0.1, 0.15) is 26.7 Å². The van der Waals surface area contributed by atoms with Crippen molar-refractivity contribution < 1.29 is 0 Å². The van der Waals surface area contributed by atoms with E-state index in [2.05, 4.69) is 37.5 Å². The van der Waals surface area contributed by atoms with Gasteiger partial charge in [0.1, 0.15) is 0 Å². The molecular formula is C8H19NS2. The molecule has 0 aromatic heterocycles. The Kier molecular flexibility index (Phi) is 7.76. The van der Waals surface area contributed by atoms with E-state index in [-0.39, 0.29) is 0 Å². The van der Waals surface area contributed by atoms with Crippen molar-refractivity contribution in [3.63, 3.8) is 0 Å². The minimum Gasteiger partial charge on any atom is -0.304 e. The second kappa shape index (κ2) is 7.32. The monoisotopic (exact) mass is 193 g/mol. The third-order valence-corrected chi connectivity index (χ3v) is 2.92. The molecule has 0 aliphatic rings. The highest BCUT2D eigenvalue weighted by Crippen LogP contribution is 2.10. The summed E-state index contributed by atoms with van der Waals surface area (Å²) in [4.78, 5) is 2.41. The van der Waals surface area contributed by atoms with Crippen molar-refractivity contribution in [3.05, 3.63) is 0 Å². The number of hydrogen-bond acceptors (Lipinski definition) is 3. The summed E-state index contributed by atoms with van der Waals surface area (Å²) in [5.74, 6) is 1.15. The van der Waals surface area contributed by atoms with E-state index in [9.17, 15) is 0 Å². The van der Waals surface area contributed by atoms with E-state index in [1.54, 1.807) is 10.8 Å². The van der Waals surface area contributed by atoms with Crippen LogP contribution in [0.4, 0.5) is 0 Å². The lowest BCUT2D eigenvalue weighted by Gasteiger charge is -2.23.